The standard InChI is InChI=1S/C19H16N2O2/c22-19(23)10-9-15-5-4-6-16(11-15)12-21-13-18(20-14-21)17-7-2-1-3-8-17/h1-11,13-14H,12H2,(H,22,23)/b10-9+. The van der Waals surface area contributed by atoms with E-state index in [1.807, 2.05) is 71.7 Å². The van der Waals surface area contributed by atoms with Gasteiger partial charge in [0.2, 0.25) is 0 Å². The van der Waals surface area contributed by atoms with Gasteiger partial charge in [-0.25, -0.2) is 9.78 Å². The number of hydrogen-bond acceptors (Lipinski definition) is 2. The Bertz CT molecular complexity index is 835. The highest BCUT2D eigenvalue weighted by Gasteiger charge is 2.02. The van der Waals surface area contributed by atoms with Crippen LogP contribution >= 0.6 is 0 Å². The summed E-state index contributed by atoms with van der Waals surface area (Å²) in [6, 6.07) is 17.8. The zero-order valence-corrected chi connectivity index (χ0v) is 12.5. The van der Waals surface area contributed by atoms with Crippen LogP contribution in [0.2, 0.25) is 0 Å². The molecule has 114 valence electrons. The van der Waals surface area contributed by atoms with E-state index in [0.717, 1.165) is 28.5 Å². The van der Waals surface area contributed by atoms with Crippen LogP contribution in [-0.2, 0) is 11.3 Å². The quantitative estimate of drug-likeness (QED) is 0.731. The third kappa shape index (κ3) is 3.95. The van der Waals surface area contributed by atoms with Crippen LogP contribution in [0.25, 0.3) is 17.3 Å². The van der Waals surface area contributed by atoms with Crippen LogP contribution in [-0.4, -0.2) is 20.6 Å². The maximum Gasteiger partial charge on any atom is 0.328 e. The fourth-order valence-corrected chi connectivity index (χ4v) is 2.38. The van der Waals surface area contributed by atoms with E-state index >= 15 is 0 Å². The van der Waals surface area contributed by atoms with Gasteiger partial charge in [-0.05, 0) is 23.3 Å². The van der Waals surface area contributed by atoms with Gasteiger partial charge in [-0.1, -0.05) is 48.5 Å². The summed E-state index contributed by atoms with van der Waals surface area (Å²) < 4.78 is 2.02. The summed E-state index contributed by atoms with van der Waals surface area (Å²) in [5.74, 6) is -0.947. The summed E-state index contributed by atoms with van der Waals surface area (Å²) in [7, 11) is 0. The van der Waals surface area contributed by atoms with E-state index in [1.165, 1.54) is 0 Å². The molecule has 1 heterocycles. The summed E-state index contributed by atoms with van der Waals surface area (Å²) in [4.78, 5) is 15.0. The number of aliphatic carboxylic acids is 1. The molecule has 0 aliphatic rings. The lowest BCUT2D eigenvalue weighted by Crippen LogP contribution is -1.96. The molecular formula is C19H16N2O2. The Morgan fingerprint density at radius 2 is 1.96 bits per heavy atom. The predicted molar refractivity (Wildman–Crippen MR) is 89.9 cm³/mol. The van der Waals surface area contributed by atoms with Crippen molar-refractivity contribution in [3.8, 4) is 11.3 Å². The lowest BCUT2D eigenvalue weighted by Gasteiger charge is -2.03. The van der Waals surface area contributed by atoms with Crippen molar-refractivity contribution in [3.63, 3.8) is 0 Å². The van der Waals surface area contributed by atoms with E-state index in [9.17, 15) is 4.79 Å². The Hall–Kier alpha value is -3.14. The second kappa shape index (κ2) is 6.75. The van der Waals surface area contributed by atoms with Crippen LogP contribution in [0.4, 0.5) is 0 Å². The monoisotopic (exact) mass is 304 g/mol. The van der Waals surface area contributed by atoms with Gasteiger partial charge in [-0.15, -0.1) is 0 Å². The minimum absolute atomic E-state index is 0.689. The van der Waals surface area contributed by atoms with Crippen LogP contribution in [0.15, 0.2) is 73.2 Å². The van der Waals surface area contributed by atoms with E-state index in [2.05, 4.69) is 4.98 Å². The average molecular weight is 304 g/mol. The molecule has 2 aromatic carbocycles. The van der Waals surface area contributed by atoms with Gasteiger partial charge in [0.05, 0.1) is 12.0 Å². The number of hydrogen-bond donors (Lipinski definition) is 1. The van der Waals surface area contributed by atoms with Crippen molar-refractivity contribution in [3.05, 3.63) is 84.3 Å². The average Bonchev–Trinajstić information content (AvgIpc) is 3.03. The molecule has 0 saturated carbocycles. The number of aromatic nitrogens is 2. The van der Waals surface area contributed by atoms with E-state index in [0.29, 0.717) is 6.54 Å². The van der Waals surface area contributed by atoms with Crippen LogP contribution in [0.5, 0.6) is 0 Å². The molecule has 1 aromatic heterocycles. The molecule has 0 radical (unpaired) electrons. The minimum atomic E-state index is -0.947. The van der Waals surface area contributed by atoms with Crippen molar-refractivity contribution in [2.75, 3.05) is 0 Å². The number of carboxylic acids is 1. The lowest BCUT2D eigenvalue weighted by molar-refractivity contribution is -0.131. The Balaban J connectivity index is 1.76. The van der Waals surface area contributed by atoms with Gasteiger partial charge in [-0.2, -0.15) is 0 Å². The van der Waals surface area contributed by atoms with Gasteiger partial charge < -0.3 is 9.67 Å². The van der Waals surface area contributed by atoms with Crippen molar-refractivity contribution >= 4 is 12.0 Å². The Kier molecular flexibility index (Phi) is 4.34. The van der Waals surface area contributed by atoms with Gasteiger partial charge in [0.1, 0.15) is 0 Å². The fourth-order valence-electron chi connectivity index (χ4n) is 2.38. The second-order valence-electron chi connectivity index (χ2n) is 5.21. The van der Waals surface area contributed by atoms with Crippen molar-refractivity contribution in [2.24, 2.45) is 0 Å². The van der Waals surface area contributed by atoms with Crippen LogP contribution in [0.3, 0.4) is 0 Å². The number of benzene rings is 2. The molecule has 0 saturated heterocycles. The van der Waals surface area contributed by atoms with E-state index < -0.39 is 5.97 Å². The van der Waals surface area contributed by atoms with Gasteiger partial charge >= 0.3 is 5.97 Å². The summed E-state index contributed by atoms with van der Waals surface area (Å²) in [5, 5.41) is 8.69. The molecule has 3 aromatic rings. The summed E-state index contributed by atoms with van der Waals surface area (Å²) in [6.45, 7) is 0.689. The smallest absolute Gasteiger partial charge is 0.328 e. The molecule has 0 bridgehead atoms. The first-order chi connectivity index (χ1) is 11.2. The molecule has 0 fully saturated rings. The number of carboxylic acid groups (broad SMARTS) is 1. The van der Waals surface area contributed by atoms with E-state index in [-0.39, 0.29) is 0 Å². The zero-order valence-electron chi connectivity index (χ0n) is 12.5. The number of imidazole rings is 1. The molecule has 0 atom stereocenters. The van der Waals surface area contributed by atoms with Gasteiger partial charge in [0.15, 0.2) is 0 Å². The highest BCUT2D eigenvalue weighted by atomic mass is 16.4. The molecule has 0 spiro atoms. The third-order valence-corrected chi connectivity index (χ3v) is 3.44. The van der Waals surface area contributed by atoms with Crippen molar-refractivity contribution in [1.29, 1.82) is 0 Å². The first-order valence-corrected chi connectivity index (χ1v) is 7.28. The molecule has 3 rings (SSSR count). The normalized spacial score (nSPS) is 11.0. The molecule has 0 amide bonds. The third-order valence-electron chi connectivity index (χ3n) is 3.44. The molecule has 23 heavy (non-hydrogen) atoms. The topological polar surface area (TPSA) is 55.1 Å². The molecule has 1 N–H and O–H groups in total. The van der Waals surface area contributed by atoms with E-state index in [1.54, 1.807) is 6.08 Å². The SMILES string of the molecule is O=C(O)/C=C/c1cccc(Cn2cnc(-c3ccccc3)c2)c1. The van der Waals surface area contributed by atoms with Crippen molar-refractivity contribution in [2.45, 2.75) is 6.54 Å². The zero-order chi connectivity index (χ0) is 16.1. The Morgan fingerprint density at radius 3 is 2.74 bits per heavy atom. The first kappa shape index (κ1) is 14.8. The molecule has 0 unspecified atom stereocenters. The fraction of sp³-hybridized carbons (Fsp3) is 0.0526. The lowest BCUT2D eigenvalue weighted by atomic mass is 10.1. The van der Waals surface area contributed by atoms with Crippen molar-refractivity contribution in [1.82, 2.24) is 9.55 Å². The first-order valence-electron chi connectivity index (χ1n) is 7.28. The summed E-state index contributed by atoms with van der Waals surface area (Å²) >= 11 is 0. The Morgan fingerprint density at radius 1 is 1.13 bits per heavy atom. The number of carbonyl (C=O) groups is 1. The predicted octanol–water partition coefficient (Wildman–Crippen LogP) is 3.70. The van der Waals surface area contributed by atoms with Crippen LogP contribution < -0.4 is 0 Å². The largest absolute Gasteiger partial charge is 0.478 e. The van der Waals surface area contributed by atoms with Crippen LogP contribution in [0.1, 0.15) is 11.1 Å². The molecule has 4 heteroatoms. The molecule has 0 aliphatic heterocycles. The van der Waals surface area contributed by atoms with E-state index in [4.69, 9.17) is 5.11 Å². The maximum atomic E-state index is 10.6. The number of rotatable bonds is 5. The Labute approximate surface area is 134 Å². The second-order valence-corrected chi connectivity index (χ2v) is 5.21. The summed E-state index contributed by atoms with van der Waals surface area (Å²) in [5.41, 5.74) is 3.99. The highest BCUT2D eigenvalue weighted by Crippen LogP contribution is 2.17. The van der Waals surface area contributed by atoms with Crippen molar-refractivity contribution < 1.29 is 9.90 Å². The molecule has 0 aliphatic carbocycles. The van der Waals surface area contributed by atoms with Gasteiger partial charge in [0, 0.05) is 24.4 Å². The highest BCUT2D eigenvalue weighted by molar-refractivity contribution is 5.85. The maximum absolute atomic E-state index is 10.6. The summed E-state index contributed by atoms with van der Waals surface area (Å²) in [6.07, 6.45) is 6.55. The van der Waals surface area contributed by atoms with Gasteiger partial charge in [-0.3, -0.25) is 0 Å². The minimum Gasteiger partial charge on any atom is -0.478 e. The molecular weight excluding hydrogens is 288 g/mol. The molecule has 4 nitrogen and oxygen atoms in total. The van der Waals surface area contributed by atoms with Crippen LogP contribution in [0, 0.1) is 0 Å². The number of nitrogens with zero attached hydrogens (tertiary/aromatic N) is 2. The van der Waals surface area contributed by atoms with Gasteiger partial charge in [0.25, 0.3) is 0 Å².